The molecule has 2 rings (SSSR count). The smallest absolute Gasteiger partial charge is 0.335 e. The second-order valence-corrected chi connectivity index (χ2v) is 7.10. The van der Waals surface area contributed by atoms with Gasteiger partial charge in [-0.3, -0.25) is 0 Å². The number of hydrogen-bond donors (Lipinski definition) is 6. The van der Waals surface area contributed by atoms with Crippen molar-refractivity contribution in [1.82, 2.24) is 0 Å². The molecule has 10 heteroatoms. The zero-order chi connectivity index (χ0) is 20.9. The van der Waals surface area contributed by atoms with Gasteiger partial charge in [-0.25, -0.2) is 9.59 Å². The van der Waals surface area contributed by atoms with Gasteiger partial charge in [0.1, 0.15) is 0 Å². The summed E-state index contributed by atoms with van der Waals surface area (Å²) in [6.07, 6.45) is -4.28. The number of carboxylic acids is 2. The van der Waals surface area contributed by atoms with Crippen LogP contribution in [0.4, 0.5) is 0 Å². The lowest BCUT2D eigenvalue weighted by molar-refractivity contribution is -0.165. The topological polar surface area (TPSA) is 202 Å². The van der Waals surface area contributed by atoms with Crippen molar-refractivity contribution >= 4 is 11.9 Å². The first kappa shape index (κ1) is 25.9. The maximum Gasteiger partial charge on any atom is 0.335 e. The molecular weight excluding hydrogens is 374 g/mol. The minimum atomic E-state index is -2.27. The van der Waals surface area contributed by atoms with Crippen molar-refractivity contribution in [2.75, 3.05) is 7.11 Å². The third kappa shape index (κ3) is 6.23. The number of ether oxygens (including phenoxy) is 1. The summed E-state index contributed by atoms with van der Waals surface area (Å²) in [6.45, 7) is 4.88. The summed E-state index contributed by atoms with van der Waals surface area (Å²) in [5.74, 6) is -3.54. The zero-order valence-electron chi connectivity index (χ0n) is 16.0. The van der Waals surface area contributed by atoms with Crippen LogP contribution in [-0.2, 0) is 26.3 Å². The fraction of sp³-hybridized carbons (Fsp3) is 0.556. The first-order valence-electron chi connectivity index (χ1n) is 8.30. The van der Waals surface area contributed by atoms with E-state index in [1.807, 2.05) is 0 Å². The first-order chi connectivity index (χ1) is 12.4. The molecule has 4 atom stereocenters. The summed E-state index contributed by atoms with van der Waals surface area (Å²) >= 11 is 0. The lowest BCUT2D eigenvalue weighted by Gasteiger charge is -2.39. The minimum Gasteiger partial charge on any atom is -0.479 e. The Labute approximate surface area is 162 Å². The SMILES string of the molecule is COCc1ccc2c(c1)[C@@H](N)[C@H](O)CC2(C)C.O.O=C(O)[C@@H](O)[C@H](O)C(=O)O. The molecule has 1 aromatic carbocycles. The van der Waals surface area contributed by atoms with Gasteiger partial charge >= 0.3 is 11.9 Å². The monoisotopic (exact) mass is 403 g/mol. The van der Waals surface area contributed by atoms with Crippen molar-refractivity contribution in [1.29, 1.82) is 0 Å². The summed E-state index contributed by atoms with van der Waals surface area (Å²) in [7, 11) is 1.68. The molecule has 0 saturated carbocycles. The van der Waals surface area contributed by atoms with Gasteiger partial charge in [-0.05, 0) is 28.5 Å². The molecule has 1 aromatic rings. The Bertz CT molecular complexity index is 659. The number of methoxy groups -OCH3 is 1. The van der Waals surface area contributed by atoms with Gasteiger partial charge in [0.25, 0.3) is 0 Å². The van der Waals surface area contributed by atoms with Crippen molar-refractivity contribution in [2.45, 2.75) is 56.6 Å². The summed E-state index contributed by atoms with van der Waals surface area (Å²) < 4.78 is 5.13. The van der Waals surface area contributed by atoms with Gasteiger partial charge in [0.2, 0.25) is 0 Å². The van der Waals surface area contributed by atoms with Crippen molar-refractivity contribution in [3.05, 3.63) is 34.9 Å². The van der Waals surface area contributed by atoms with Crippen LogP contribution in [0.3, 0.4) is 0 Å². The maximum atomic E-state index is 10.0. The van der Waals surface area contributed by atoms with E-state index in [1.165, 1.54) is 5.56 Å². The highest BCUT2D eigenvalue weighted by molar-refractivity contribution is 5.83. The molecule has 10 nitrogen and oxygen atoms in total. The van der Waals surface area contributed by atoms with Crippen LogP contribution in [0.1, 0.15) is 43.0 Å². The van der Waals surface area contributed by atoms with E-state index in [-0.39, 0.29) is 16.9 Å². The predicted octanol–water partition coefficient (Wildman–Crippen LogP) is -1.07. The quantitative estimate of drug-likeness (QED) is 0.354. The molecule has 0 saturated heterocycles. The molecule has 160 valence electrons. The Kier molecular flexibility index (Phi) is 9.68. The molecule has 0 radical (unpaired) electrons. The molecule has 1 aliphatic carbocycles. The van der Waals surface area contributed by atoms with E-state index < -0.39 is 30.3 Å². The molecule has 0 heterocycles. The number of benzene rings is 1. The third-order valence-electron chi connectivity index (χ3n) is 4.45. The zero-order valence-corrected chi connectivity index (χ0v) is 16.0. The molecule has 1 aliphatic rings. The van der Waals surface area contributed by atoms with E-state index >= 15 is 0 Å². The minimum absolute atomic E-state index is 0. The fourth-order valence-corrected chi connectivity index (χ4v) is 3.00. The Balaban J connectivity index is 0.000000577. The number of carbonyl (C=O) groups is 2. The summed E-state index contributed by atoms with van der Waals surface area (Å²) in [6, 6.07) is 5.98. The number of carboxylic acid groups (broad SMARTS) is 2. The van der Waals surface area contributed by atoms with E-state index in [0.29, 0.717) is 13.0 Å². The second-order valence-electron chi connectivity index (χ2n) is 7.10. The number of aliphatic hydroxyl groups is 3. The second kappa shape index (κ2) is 10.5. The van der Waals surface area contributed by atoms with E-state index in [9.17, 15) is 14.7 Å². The molecule has 28 heavy (non-hydrogen) atoms. The van der Waals surface area contributed by atoms with Crippen molar-refractivity contribution < 1.29 is 45.3 Å². The number of aliphatic carboxylic acids is 2. The average Bonchev–Trinajstić information content (AvgIpc) is 2.58. The molecule has 0 aromatic heterocycles. The summed E-state index contributed by atoms with van der Waals surface area (Å²) in [5.41, 5.74) is 9.48. The Hall–Kier alpha value is -2.08. The van der Waals surface area contributed by atoms with Crippen LogP contribution in [0.25, 0.3) is 0 Å². The van der Waals surface area contributed by atoms with E-state index in [1.54, 1.807) is 7.11 Å². The third-order valence-corrected chi connectivity index (χ3v) is 4.45. The van der Waals surface area contributed by atoms with Crippen molar-refractivity contribution in [2.24, 2.45) is 5.73 Å². The van der Waals surface area contributed by atoms with E-state index in [0.717, 1.165) is 11.1 Å². The fourth-order valence-electron chi connectivity index (χ4n) is 3.00. The van der Waals surface area contributed by atoms with Crippen LogP contribution in [0.2, 0.25) is 0 Å². The highest BCUT2D eigenvalue weighted by Gasteiger charge is 2.36. The lowest BCUT2D eigenvalue weighted by Crippen LogP contribution is -2.39. The van der Waals surface area contributed by atoms with Gasteiger partial charge in [0, 0.05) is 7.11 Å². The molecule has 0 bridgehead atoms. The first-order valence-corrected chi connectivity index (χ1v) is 8.30. The van der Waals surface area contributed by atoms with Crippen LogP contribution in [0.15, 0.2) is 18.2 Å². The van der Waals surface area contributed by atoms with Gasteiger partial charge in [-0.2, -0.15) is 0 Å². The van der Waals surface area contributed by atoms with Crippen LogP contribution >= 0.6 is 0 Å². The summed E-state index contributed by atoms with van der Waals surface area (Å²) in [4.78, 5) is 19.5. The molecule has 0 aliphatic heterocycles. The van der Waals surface area contributed by atoms with Gasteiger partial charge < -0.3 is 41.5 Å². The van der Waals surface area contributed by atoms with Gasteiger partial charge in [-0.1, -0.05) is 32.0 Å². The molecular formula is C18H29NO9. The molecule has 0 amide bonds. The number of hydrogen-bond acceptors (Lipinski definition) is 7. The van der Waals surface area contributed by atoms with Crippen LogP contribution in [0.5, 0.6) is 0 Å². The Morgan fingerprint density at radius 1 is 1.21 bits per heavy atom. The Morgan fingerprint density at radius 3 is 2.14 bits per heavy atom. The molecule has 9 N–H and O–H groups in total. The van der Waals surface area contributed by atoms with E-state index in [4.69, 9.17) is 30.9 Å². The largest absolute Gasteiger partial charge is 0.479 e. The number of fused-ring (bicyclic) bond motifs is 1. The lowest BCUT2D eigenvalue weighted by atomic mass is 9.69. The maximum absolute atomic E-state index is 10.0. The van der Waals surface area contributed by atoms with Gasteiger partial charge in [-0.15, -0.1) is 0 Å². The van der Waals surface area contributed by atoms with Gasteiger partial charge in [0.15, 0.2) is 12.2 Å². The molecule has 0 unspecified atom stereocenters. The number of nitrogens with two attached hydrogens (primary N) is 1. The highest BCUT2D eigenvalue weighted by atomic mass is 16.5. The molecule has 0 spiro atoms. The number of aliphatic hydroxyl groups excluding tert-OH is 3. The van der Waals surface area contributed by atoms with Gasteiger partial charge in [0.05, 0.1) is 18.8 Å². The van der Waals surface area contributed by atoms with Crippen molar-refractivity contribution in [3.8, 4) is 0 Å². The normalized spacial score (nSPS) is 21.8. The average molecular weight is 403 g/mol. The van der Waals surface area contributed by atoms with Crippen LogP contribution in [0, 0.1) is 0 Å². The Morgan fingerprint density at radius 2 is 1.71 bits per heavy atom. The molecule has 0 fully saturated rings. The predicted molar refractivity (Wildman–Crippen MR) is 98.6 cm³/mol. The number of rotatable bonds is 5. The van der Waals surface area contributed by atoms with E-state index in [2.05, 4.69) is 32.0 Å². The van der Waals surface area contributed by atoms with Crippen LogP contribution < -0.4 is 5.73 Å². The van der Waals surface area contributed by atoms with Crippen molar-refractivity contribution in [3.63, 3.8) is 0 Å². The van der Waals surface area contributed by atoms with Crippen LogP contribution in [-0.4, -0.2) is 68.4 Å². The highest BCUT2D eigenvalue weighted by Crippen LogP contribution is 2.41. The summed E-state index contributed by atoms with van der Waals surface area (Å²) in [5, 5.41) is 42.6. The standard InChI is InChI=1S/C14H21NO2.C4H6O6.H2O/c1-14(2)7-12(16)13(15)10-6-9(8-17-3)4-5-11(10)14;5-1(3(7)8)2(6)4(9)10;/h4-6,12-13,16H,7-8,15H2,1-3H3;1-2,5-6H,(H,7,8)(H,9,10);1H2/t12-,13-;1-,2-;/m10./s1.